The molecule has 76 valence electrons. The Labute approximate surface area is 90.7 Å². The van der Waals surface area contributed by atoms with Gasteiger partial charge in [-0.2, -0.15) is 0 Å². The predicted octanol–water partition coefficient (Wildman–Crippen LogP) is 3.33. The van der Waals surface area contributed by atoms with Crippen molar-refractivity contribution in [2.75, 3.05) is 18.0 Å². The molecule has 1 saturated heterocycles. The molecule has 0 N–H and O–H groups in total. The minimum Gasteiger partial charge on any atom is -0.371 e. The lowest BCUT2D eigenvalue weighted by Gasteiger charge is -2.20. The molecule has 2 heteroatoms. The number of anilines is 1. The number of nitrogens with zero attached hydrogens (tertiary/aromatic N) is 1. The topological polar surface area (TPSA) is 3.24 Å². The van der Waals surface area contributed by atoms with Gasteiger partial charge in [0, 0.05) is 24.7 Å². The van der Waals surface area contributed by atoms with Gasteiger partial charge in [0.15, 0.2) is 0 Å². The second-order valence-electron chi connectivity index (χ2n) is 3.95. The lowest BCUT2D eigenvalue weighted by molar-refractivity contribution is 0.949. The Morgan fingerprint density at radius 2 is 2.00 bits per heavy atom. The number of halogens is 1. The van der Waals surface area contributed by atoms with Crippen molar-refractivity contribution in [2.45, 2.75) is 25.6 Å². The van der Waals surface area contributed by atoms with Crippen LogP contribution in [0.3, 0.4) is 0 Å². The molecule has 0 radical (unpaired) electrons. The van der Waals surface area contributed by atoms with Crippen LogP contribution in [0.4, 0.5) is 5.69 Å². The van der Waals surface area contributed by atoms with E-state index in [-0.39, 0.29) is 0 Å². The molecule has 14 heavy (non-hydrogen) atoms. The van der Waals surface area contributed by atoms with E-state index in [0.717, 1.165) is 0 Å². The van der Waals surface area contributed by atoms with E-state index in [9.17, 15) is 0 Å². The fourth-order valence-corrected chi connectivity index (χ4v) is 2.28. The summed E-state index contributed by atoms with van der Waals surface area (Å²) in [4.78, 5) is 2.47. The van der Waals surface area contributed by atoms with Crippen LogP contribution >= 0.6 is 11.6 Å². The minimum absolute atomic E-state index is 0.612. The van der Waals surface area contributed by atoms with Crippen molar-refractivity contribution in [3.8, 4) is 0 Å². The maximum Gasteiger partial charge on any atom is 0.0474 e. The summed E-state index contributed by atoms with van der Waals surface area (Å²) in [5.74, 6) is 0.612. The highest BCUT2D eigenvalue weighted by Gasteiger charge is 2.13. The maximum absolute atomic E-state index is 5.80. The number of alkyl halides is 1. The smallest absolute Gasteiger partial charge is 0.0474 e. The zero-order chi connectivity index (χ0) is 9.97. The summed E-state index contributed by atoms with van der Waals surface area (Å²) < 4.78 is 0. The third-order valence-electron chi connectivity index (χ3n) is 2.86. The molecule has 0 saturated carbocycles. The number of hydrogen-bond donors (Lipinski definition) is 0. The second-order valence-corrected chi connectivity index (χ2v) is 4.22. The van der Waals surface area contributed by atoms with Crippen molar-refractivity contribution in [3.05, 3.63) is 29.3 Å². The highest BCUT2D eigenvalue weighted by Crippen LogP contribution is 2.25. The molecule has 0 spiro atoms. The van der Waals surface area contributed by atoms with Crippen LogP contribution in [-0.4, -0.2) is 13.1 Å². The van der Waals surface area contributed by atoms with Crippen LogP contribution in [-0.2, 0) is 5.88 Å². The Balaban J connectivity index is 2.25. The Kier molecular flexibility index (Phi) is 2.97. The fraction of sp³-hybridized carbons (Fsp3) is 0.500. The van der Waals surface area contributed by atoms with E-state index in [1.807, 2.05) is 0 Å². The van der Waals surface area contributed by atoms with Crippen LogP contribution in [0.25, 0.3) is 0 Å². The van der Waals surface area contributed by atoms with E-state index < -0.39 is 0 Å². The molecule has 1 aromatic rings. The van der Waals surface area contributed by atoms with Gasteiger partial charge in [0.25, 0.3) is 0 Å². The number of rotatable bonds is 2. The average Bonchev–Trinajstić information content (AvgIpc) is 2.70. The highest BCUT2D eigenvalue weighted by molar-refractivity contribution is 6.17. The van der Waals surface area contributed by atoms with Crippen LogP contribution in [0, 0.1) is 6.92 Å². The van der Waals surface area contributed by atoms with Crippen molar-refractivity contribution < 1.29 is 0 Å². The SMILES string of the molecule is Cc1cc(CCl)ccc1N1CCCC1. The van der Waals surface area contributed by atoms with Gasteiger partial charge < -0.3 is 4.90 Å². The van der Waals surface area contributed by atoms with Gasteiger partial charge in [-0.25, -0.2) is 0 Å². The molecule has 1 fully saturated rings. The maximum atomic E-state index is 5.80. The summed E-state index contributed by atoms with van der Waals surface area (Å²) in [6, 6.07) is 6.53. The van der Waals surface area contributed by atoms with Gasteiger partial charge in [-0.15, -0.1) is 11.6 Å². The van der Waals surface area contributed by atoms with Gasteiger partial charge in [0.05, 0.1) is 0 Å². The molecule has 0 atom stereocenters. The van der Waals surface area contributed by atoms with Crippen LogP contribution in [0.5, 0.6) is 0 Å². The van der Waals surface area contributed by atoms with Crippen LogP contribution in [0.1, 0.15) is 24.0 Å². The molecule has 0 aromatic heterocycles. The normalized spacial score (nSPS) is 16.3. The highest BCUT2D eigenvalue weighted by atomic mass is 35.5. The van der Waals surface area contributed by atoms with E-state index in [4.69, 9.17) is 11.6 Å². The molecule has 0 bridgehead atoms. The summed E-state index contributed by atoms with van der Waals surface area (Å²) in [6.45, 7) is 4.59. The van der Waals surface area contributed by atoms with Crippen molar-refractivity contribution in [1.82, 2.24) is 0 Å². The monoisotopic (exact) mass is 209 g/mol. The van der Waals surface area contributed by atoms with E-state index in [1.165, 1.54) is 42.7 Å². The molecule has 1 aromatic carbocycles. The number of hydrogen-bond acceptors (Lipinski definition) is 1. The summed E-state index contributed by atoms with van der Waals surface area (Å²) in [7, 11) is 0. The molecule has 1 heterocycles. The van der Waals surface area contributed by atoms with Crippen LogP contribution in [0.15, 0.2) is 18.2 Å². The van der Waals surface area contributed by atoms with Gasteiger partial charge >= 0.3 is 0 Å². The molecule has 1 aliphatic heterocycles. The lowest BCUT2D eigenvalue weighted by atomic mass is 10.1. The van der Waals surface area contributed by atoms with Crippen molar-refractivity contribution in [3.63, 3.8) is 0 Å². The molecule has 2 rings (SSSR count). The largest absolute Gasteiger partial charge is 0.371 e. The third kappa shape index (κ3) is 1.88. The molecule has 0 aliphatic carbocycles. The first-order valence-electron chi connectivity index (χ1n) is 5.21. The third-order valence-corrected chi connectivity index (χ3v) is 3.17. The zero-order valence-electron chi connectivity index (χ0n) is 8.59. The van der Waals surface area contributed by atoms with Gasteiger partial charge in [-0.05, 0) is 37.0 Å². The lowest BCUT2D eigenvalue weighted by Crippen LogP contribution is -2.18. The van der Waals surface area contributed by atoms with Gasteiger partial charge in [-0.1, -0.05) is 12.1 Å². The Hall–Kier alpha value is -0.690. The average molecular weight is 210 g/mol. The van der Waals surface area contributed by atoms with Gasteiger partial charge in [0.2, 0.25) is 0 Å². The Bertz CT molecular complexity index is 316. The first kappa shape index (κ1) is 9.85. The van der Waals surface area contributed by atoms with E-state index >= 15 is 0 Å². The van der Waals surface area contributed by atoms with E-state index in [2.05, 4.69) is 30.0 Å². The molecule has 0 amide bonds. The summed E-state index contributed by atoms with van der Waals surface area (Å²) in [6.07, 6.45) is 2.66. The number of aryl methyl sites for hydroxylation is 1. The molecular weight excluding hydrogens is 194 g/mol. The van der Waals surface area contributed by atoms with Gasteiger partial charge in [0.1, 0.15) is 0 Å². The van der Waals surface area contributed by atoms with Gasteiger partial charge in [-0.3, -0.25) is 0 Å². The summed E-state index contributed by atoms with van der Waals surface area (Å²) in [5.41, 5.74) is 3.95. The first-order valence-corrected chi connectivity index (χ1v) is 5.75. The Morgan fingerprint density at radius 1 is 1.29 bits per heavy atom. The van der Waals surface area contributed by atoms with Crippen LogP contribution < -0.4 is 4.90 Å². The molecular formula is C12H16ClN. The quantitative estimate of drug-likeness (QED) is 0.676. The van der Waals surface area contributed by atoms with Crippen molar-refractivity contribution in [1.29, 1.82) is 0 Å². The Morgan fingerprint density at radius 3 is 2.57 bits per heavy atom. The summed E-state index contributed by atoms with van der Waals surface area (Å²) >= 11 is 5.80. The summed E-state index contributed by atoms with van der Waals surface area (Å²) in [5, 5.41) is 0. The van der Waals surface area contributed by atoms with Crippen molar-refractivity contribution in [2.24, 2.45) is 0 Å². The molecule has 1 aliphatic rings. The molecule has 0 unspecified atom stereocenters. The predicted molar refractivity (Wildman–Crippen MR) is 62.2 cm³/mol. The second kappa shape index (κ2) is 4.22. The fourth-order valence-electron chi connectivity index (χ4n) is 2.11. The van der Waals surface area contributed by atoms with E-state index in [1.54, 1.807) is 0 Å². The van der Waals surface area contributed by atoms with Crippen LogP contribution in [0.2, 0.25) is 0 Å². The zero-order valence-corrected chi connectivity index (χ0v) is 9.35. The minimum atomic E-state index is 0.612. The number of benzene rings is 1. The molecule has 1 nitrogen and oxygen atoms in total. The first-order chi connectivity index (χ1) is 6.81. The van der Waals surface area contributed by atoms with Crippen molar-refractivity contribution >= 4 is 17.3 Å². The standard InChI is InChI=1S/C12H16ClN/c1-10-8-11(9-13)4-5-12(10)14-6-2-3-7-14/h4-5,8H,2-3,6-7,9H2,1H3. The van der Waals surface area contributed by atoms with E-state index in [0.29, 0.717) is 5.88 Å².